The van der Waals surface area contributed by atoms with Crippen LogP contribution in [0.5, 0.6) is 0 Å². The topological polar surface area (TPSA) is 61.8 Å². The smallest absolute Gasteiger partial charge is 0.0670 e. The van der Waals surface area contributed by atoms with Crippen molar-refractivity contribution < 1.29 is 0 Å². The van der Waals surface area contributed by atoms with Crippen LogP contribution in [0.1, 0.15) is 11.1 Å². The van der Waals surface area contributed by atoms with Crippen LogP contribution in [0.15, 0.2) is 40.9 Å². The molecule has 0 atom stereocenters. The van der Waals surface area contributed by atoms with Crippen molar-refractivity contribution in [2.75, 3.05) is 11.1 Å². The van der Waals surface area contributed by atoms with E-state index >= 15 is 0 Å². The van der Waals surface area contributed by atoms with Gasteiger partial charge >= 0.3 is 0 Å². The Balaban J connectivity index is 2.31. The van der Waals surface area contributed by atoms with Gasteiger partial charge in [0.05, 0.1) is 12.5 Å². The molecule has 3 nitrogen and oxygen atoms in total. The Hall–Kier alpha value is -1.99. The minimum absolute atomic E-state index is 0.318. The molecule has 0 unspecified atom stereocenters. The fourth-order valence-corrected chi connectivity index (χ4v) is 2.19. The average Bonchev–Trinajstić information content (AvgIpc) is 2.39. The van der Waals surface area contributed by atoms with Crippen LogP contribution in [0.25, 0.3) is 0 Å². The Labute approximate surface area is 121 Å². The summed E-state index contributed by atoms with van der Waals surface area (Å²) >= 11 is 3.51. The van der Waals surface area contributed by atoms with Gasteiger partial charge in [0, 0.05) is 21.5 Å². The molecule has 0 aromatic heterocycles. The quantitative estimate of drug-likeness (QED) is 0.836. The van der Waals surface area contributed by atoms with Crippen LogP contribution < -0.4 is 11.1 Å². The number of halogens is 1. The number of nitrogens with one attached hydrogen (secondary N) is 1. The van der Waals surface area contributed by atoms with Crippen molar-refractivity contribution in [3.05, 3.63) is 52.0 Å². The van der Waals surface area contributed by atoms with E-state index in [4.69, 9.17) is 11.0 Å². The lowest BCUT2D eigenvalue weighted by molar-refractivity contribution is 1.26. The molecule has 2 rings (SSSR count). The van der Waals surface area contributed by atoms with E-state index < -0.39 is 0 Å². The molecule has 2 aromatic carbocycles. The molecule has 19 heavy (non-hydrogen) atoms. The number of nitrogens with two attached hydrogens (primary N) is 1. The molecule has 0 saturated carbocycles. The molecule has 4 heteroatoms. The maximum atomic E-state index is 8.77. The van der Waals surface area contributed by atoms with Crippen molar-refractivity contribution in [1.82, 2.24) is 0 Å². The molecular formula is C15H14BrN3. The summed E-state index contributed by atoms with van der Waals surface area (Å²) in [7, 11) is 0. The summed E-state index contributed by atoms with van der Waals surface area (Å²) in [6.45, 7) is 2.04. The minimum atomic E-state index is 0.318. The molecule has 2 aromatic rings. The third-order valence-electron chi connectivity index (χ3n) is 2.96. The predicted molar refractivity (Wildman–Crippen MR) is 82.3 cm³/mol. The zero-order chi connectivity index (χ0) is 13.8. The van der Waals surface area contributed by atoms with Crippen LogP contribution in [0.3, 0.4) is 0 Å². The van der Waals surface area contributed by atoms with Crippen LogP contribution in [0, 0.1) is 18.3 Å². The van der Waals surface area contributed by atoms with Crippen LogP contribution in [-0.2, 0) is 6.42 Å². The van der Waals surface area contributed by atoms with Gasteiger partial charge in [-0.25, -0.2) is 0 Å². The van der Waals surface area contributed by atoms with E-state index in [9.17, 15) is 0 Å². The normalized spacial score (nSPS) is 9.95. The monoisotopic (exact) mass is 315 g/mol. The summed E-state index contributed by atoms with van der Waals surface area (Å²) in [5, 5.41) is 12.1. The number of rotatable bonds is 3. The van der Waals surface area contributed by atoms with E-state index in [-0.39, 0.29) is 0 Å². The summed E-state index contributed by atoms with van der Waals surface area (Å²) < 4.78 is 1.06. The van der Waals surface area contributed by atoms with Crippen molar-refractivity contribution in [3.8, 4) is 6.07 Å². The van der Waals surface area contributed by atoms with Crippen molar-refractivity contribution in [2.24, 2.45) is 0 Å². The maximum Gasteiger partial charge on any atom is 0.0670 e. The first-order valence-electron chi connectivity index (χ1n) is 5.89. The average molecular weight is 316 g/mol. The largest absolute Gasteiger partial charge is 0.398 e. The molecule has 0 fully saturated rings. The molecule has 0 amide bonds. The molecule has 0 heterocycles. The van der Waals surface area contributed by atoms with Gasteiger partial charge in [-0.05, 0) is 48.4 Å². The van der Waals surface area contributed by atoms with Gasteiger partial charge in [0.15, 0.2) is 0 Å². The second kappa shape index (κ2) is 5.77. The predicted octanol–water partition coefficient (Wildman–Crippen LogP) is 4.15. The van der Waals surface area contributed by atoms with Gasteiger partial charge in [-0.1, -0.05) is 22.0 Å². The molecule has 0 aliphatic heterocycles. The third kappa shape index (κ3) is 3.07. The van der Waals surface area contributed by atoms with E-state index in [1.807, 2.05) is 43.3 Å². The molecule has 0 aliphatic carbocycles. The molecule has 0 bridgehead atoms. The number of hydrogen-bond donors (Lipinski definition) is 2. The first-order chi connectivity index (χ1) is 9.11. The van der Waals surface area contributed by atoms with Gasteiger partial charge in [-0.15, -0.1) is 0 Å². The number of nitriles is 1. The van der Waals surface area contributed by atoms with Gasteiger partial charge < -0.3 is 11.1 Å². The lowest BCUT2D eigenvalue weighted by Gasteiger charge is -2.12. The molecule has 0 radical (unpaired) electrons. The fraction of sp³-hybridized carbons (Fsp3) is 0.133. The molecule has 0 saturated heterocycles. The Bertz CT molecular complexity index is 644. The van der Waals surface area contributed by atoms with Gasteiger partial charge in [0.2, 0.25) is 0 Å². The van der Waals surface area contributed by atoms with E-state index in [0.717, 1.165) is 27.0 Å². The SMILES string of the molecule is Cc1c(Br)cccc1Nc1ccc(N)c(CC#N)c1. The fourth-order valence-electron chi connectivity index (χ4n) is 1.82. The minimum Gasteiger partial charge on any atom is -0.398 e. The first-order valence-corrected chi connectivity index (χ1v) is 6.68. The van der Waals surface area contributed by atoms with Gasteiger partial charge in [0.1, 0.15) is 0 Å². The Kier molecular flexibility index (Phi) is 4.08. The molecule has 0 aliphatic rings. The molecule has 3 N–H and O–H groups in total. The lowest BCUT2D eigenvalue weighted by atomic mass is 10.1. The second-order valence-electron chi connectivity index (χ2n) is 4.29. The third-order valence-corrected chi connectivity index (χ3v) is 3.82. The first kappa shape index (κ1) is 13.4. The van der Waals surface area contributed by atoms with Gasteiger partial charge in [-0.2, -0.15) is 5.26 Å². The zero-order valence-electron chi connectivity index (χ0n) is 10.6. The van der Waals surface area contributed by atoms with Crippen molar-refractivity contribution in [2.45, 2.75) is 13.3 Å². The number of hydrogen-bond acceptors (Lipinski definition) is 3. The van der Waals surface area contributed by atoms with Crippen molar-refractivity contribution in [3.63, 3.8) is 0 Å². The highest BCUT2D eigenvalue weighted by Crippen LogP contribution is 2.27. The van der Waals surface area contributed by atoms with E-state index in [0.29, 0.717) is 12.1 Å². The highest BCUT2D eigenvalue weighted by Gasteiger charge is 2.04. The summed E-state index contributed by atoms with van der Waals surface area (Å²) in [6.07, 6.45) is 0.318. The Morgan fingerprint density at radius 1 is 1.32 bits per heavy atom. The summed E-state index contributed by atoms with van der Waals surface area (Å²) in [5.74, 6) is 0. The molecule has 96 valence electrons. The standard InChI is InChI=1S/C15H14BrN3/c1-10-13(16)3-2-4-15(10)19-12-5-6-14(18)11(9-12)7-8-17/h2-6,9,19H,7,18H2,1H3. The highest BCUT2D eigenvalue weighted by molar-refractivity contribution is 9.10. The number of anilines is 3. The maximum absolute atomic E-state index is 8.77. The Morgan fingerprint density at radius 2 is 2.11 bits per heavy atom. The van der Waals surface area contributed by atoms with Crippen LogP contribution in [0.2, 0.25) is 0 Å². The zero-order valence-corrected chi connectivity index (χ0v) is 12.2. The van der Waals surface area contributed by atoms with E-state index in [1.54, 1.807) is 0 Å². The summed E-state index contributed by atoms with van der Waals surface area (Å²) in [6, 6.07) is 13.8. The van der Waals surface area contributed by atoms with E-state index in [1.165, 1.54) is 0 Å². The molecule has 0 spiro atoms. The Morgan fingerprint density at radius 3 is 2.84 bits per heavy atom. The highest BCUT2D eigenvalue weighted by atomic mass is 79.9. The van der Waals surface area contributed by atoms with Gasteiger partial charge in [0.25, 0.3) is 0 Å². The molecular weight excluding hydrogens is 302 g/mol. The van der Waals surface area contributed by atoms with Crippen LogP contribution in [0.4, 0.5) is 17.1 Å². The number of benzene rings is 2. The lowest BCUT2D eigenvalue weighted by Crippen LogP contribution is -1.98. The van der Waals surface area contributed by atoms with E-state index in [2.05, 4.69) is 27.3 Å². The number of nitrogens with zero attached hydrogens (tertiary/aromatic N) is 1. The summed E-state index contributed by atoms with van der Waals surface area (Å²) in [5.41, 5.74) is 10.4. The van der Waals surface area contributed by atoms with Crippen LogP contribution in [-0.4, -0.2) is 0 Å². The number of nitrogen functional groups attached to an aromatic ring is 1. The van der Waals surface area contributed by atoms with Crippen molar-refractivity contribution >= 4 is 33.0 Å². The van der Waals surface area contributed by atoms with Gasteiger partial charge in [-0.3, -0.25) is 0 Å². The summed E-state index contributed by atoms with van der Waals surface area (Å²) in [4.78, 5) is 0. The second-order valence-corrected chi connectivity index (χ2v) is 5.14. The van der Waals surface area contributed by atoms with Crippen LogP contribution >= 0.6 is 15.9 Å². The van der Waals surface area contributed by atoms with Crippen molar-refractivity contribution in [1.29, 1.82) is 5.26 Å².